The summed E-state index contributed by atoms with van der Waals surface area (Å²) in [5.74, 6) is 0. The van der Waals surface area contributed by atoms with Crippen LogP contribution >= 0.6 is 23.2 Å². The van der Waals surface area contributed by atoms with Crippen molar-refractivity contribution in [2.75, 3.05) is 0 Å². The molecule has 0 bridgehead atoms. The van der Waals surface area contributed by atoms with E-state index in [1.807, 2.05) is 12.1 Å². The zero-order valence-corrected chi connectivity index (χ0v) is 12.6. The molecule has 2 rings (SSSR count). The Balaban J connectivity index is 2.23. The third-order valence-corrected chi connectivity index (χ3v) is 3.87. The molecule has 1 nitrogen and oxygen atoms in total. The lowest BCUT2D eigenvalue weighted by molar-refractivity contribution is 0.716. The Hall–Kier alpha value is -1.02. The first-order valence-corrected chi connectivity index (χ1v) is 6.99. The molecule has 100 valence electrons. The molecular formula is C16H17Cl2N. The summed E-state index contributed by atoms with van der Waals surface area (Å²) in [6.07, 6.45) is 0.708. The summed E-state index contributed by atoms with van der Waals surface area (Å²) in [6, 6.07) is 11.8. The van der Waals surface area contributed by atoms with Crippen molar-refractivity contribution in [1.29, 1.82) is 0 Å². The van der Waals surface area contributed by atoms with Crippen LogP contribution in [0.5, 0.6) is 0 Å². The fraction of sp³-hybridized carbons (Fsp3) is 0.250. The van der Waals surface area contributed by atoms with Crippen molar-refractivity contribution >= 4 is 23.2 Å². The second-order valence-electron chi connectivity index (χ2n) is 4.91. The van der Waals surface area contributed by atoms with Crippen molar-refractivity contribution in [1.82, 2.24) is 0 Å². The highest BCUT2D eigenvalue weighted by Gasteiger charge is 2.12. The van der Waals surface area contributed by atoms with Crippen LogP contribution in [0, 0.1) is 13.8 Å². The van der Waals surface area contributed by atoms with Crippen LogP contribution in [0.2, 0.25) is 10.0 Å². The van der Waals surface area contributed by atoms with E-state index in [0.29, 0.717) is 16.5 Å². The molecule has 0 saturated heterocycles. The van der Waals surface area contributed by atoms with E-state index in [0.717, 1.165) is 11.1 Å². The number of hydrogen-bond acceptors (Lipinski definition) is 1. The molecule has 3 heteroatoms. The zero-order chi connectivity index (χ0) is 14.0. The van der Waals surface area contributed by atoms with Crippen LogP contribution in [-0.2, 0) is 6.42 Å². The fourth-order valence-electron chi connectivity index (χ4n) is 2.28. The monoisotopic (exact) mass is 293 g/mol. The maximum Gasteiger partial charge on any atom is 0.0453 e. The number of benzene rings is 2. The molecule has 0 heterocycles. The topological polar surface area (TPSA) is 26.0 Å². The van der Waals surface area contributed by atoms with E-state index in [-0.39, 0.29) is 6.04 Å². The van der Waals surface area contributed by atoms with Crippen molar-refractivity contribution < 1.29 is 0 Å². The molecular weight excluding hydrogens is 277 g/mol. The molecule has 1 atom stereocenters. The smallest absolute Gasteiger partial charge is 0.0453 e. The number of halogens is 2. The highest BCUT2D eigenvalue weighted by atomic mass is 35.5. The van der Waals surface area contributed by atoms with Gasteiger partial charge in [0.15, 0.2) is 0 Å². The molecule has 2 aromatic carbocycles. The Morgan fingerprint density at radius 3 is 2.42 bits per heavy atom. The molecule has 0 aliphatic rings. The Morgan fingerprint density at radius 2 is 1.79 bits per heavy atom. The van der Waals surface area contributed by atoms with Gasteiger partial charge in [0.05, 0.1) is 0 Å². The van der Waals surface area contributed by atoms with Gasteiger partial charge in [-0.1, -0.05) is 53.0 Å². The van der Waals surface area contributed by atoms with Gasteiger partial charge < -0.3 is 5.73 Å². The molecule has 0 saturated carbocycles. The lowest BCUT2D eigenvalue weighted by Crippen LogP contribution is -2.15. The Kier molecular flexibility index (Phi) is 4.51. The summed E-state index contributed by atoms with van der Waals surface area (Å²) in [5, 5.41) is 1.32. The van der Waals surface area contributed by atoms with Crippen LogP contribution in [0.25, 0.3) is 0 Å². The van der Waals surface area contributed by atoms with E-state index < -0.39 is 0 Å². The molecule has 2 N–H and O–H groups in total. The normalized spacial score (nSPS) is 12.5. The van der Waals surface area contributed by atoms with Gasteiger partial charge in [-0.3, -0.25) is 0 Å². The summed E-state index contributed by atoms with van der Waals surface area (Å²) in [4.78, 5) is 0. The number of nitrogens with two attached hydrogens (primary N) is 1. The maximum absolute atomic E-state index is 6.29. The van der Waals surface area contributed by atoms with Crippen molar-refractivity contribution in [2.24, 2.45) is 5.73 Å². The molecule has 0 aliphatic carbocycles. The number of aryl methyl sites for hydroxylation is 2. The quantitative estimate of drug-likeness (QED) is 0.860. The lowest BCUT2D eigenvalue weighted by atomic mass is 9.95. The predicted octanol–water partition coefficient (Wildman–Crippen LogP) is 4.85. The van der Waals surface area contributed by atoms with Crippen molar-refractivity contribution in [3.05, 3.63) is 68.7 Å². The fourth-order valence-corrected chi connectivity index (χ4v) is 2.76. The van der Waals surface area contributed by atoms with Crippen LogP contribution in [-0.4, -0.2) is 0 Å². The molecule has 0 fully saturated rings. The highest BCUT2D eigenvalue weighted by Crippen LogP contribution is 2.26. The van der Waals surface area contributed by atoms with E-state index in [1.165, 1.54) is 11.1 Å². The van der Waals surface area contributed by atoms with Gasteiger partial charge in [0.25, 0.3) is 0 Å². The average Bonchev–Trinajstić information content (AvgIpc) is 2.32. The Labute approximate surface area is 124 Å². The lowest BCUT2D eigenvalue weighted by Gasteiger charge is -2.16. The molecule has 0 amide bonds. The minimum absolute atomic E-state index is 0.0562. The minimum Gasteiger partial charge on any atom is -0.324 e. The first-order valence-electron chi connectivity index (χ1n) is 6.24. The van der Waals surface area contributed by atoms with Gasteiger partial charge in [0.2, 0.25) is 0 Å². The molecule has 0 spiro atoms. The van der Waals surface area contributed by atoms with E-state index >= 15 is 0 Å². The third-order valence-electron chi connectivity index (χ3n) is 3.28. The van der Waals surface area contributed by atoms with E-state index in [1.54, 1.807) is 6.07 Å². The Morgan fingerprint density at radius 1 is 1.05 bits per heavy atom. The molecule has 0 aliphatic heterocycles. The van der Waals surface area contributed by atoms with E-state index in [2.05, 4.69) is 32.0 Å². The largest absolute Gasteiger partial charge is 0.324 e. The molecule has 2 aromatic rings. The predicted molar refractivity (Wildman–Crippen MR) is 83.0 cm³/mol. The van der Waals surface area contributed by atoms with Crippen molar-refractivity contribution in [3.8, 4) is 0 Å². The summed E-state index contributed by atoms with van der Waals surface area (Å²) >= 11 is 12.1. The van der Waals surface area contributed by atoms with Crippen LogP contribution in [0.1, 0.15) is 28.3 Å². The summed E-state index contributed by atoms with van der Waals surface area (Å²) in [7, 11) is 0. The second kappa shape index (κ2) is 5.96. The SMILES string of the molecule is Cc1ccc(C(N)Cc2ccc(Cl)cc2Cl)c(C)c1. The van der Waals surface area contributed by atoms with Gasteiger partial charge in [-0.15, -0.1) is 0 Å². The molecule has 0 radical (unpaired) electrons. The van der Waals surface area contributed by atoms with Gasteiger partial charge in [-0.2, -0.15) is 0 Å². The van der Waals surface area contributed by atoms with Gasteiger partial charge in [0.1, 0.15) is 0 Å². The van der Waals surface area contributed by atoms with E-state index in [4.69, 9.17) is 28.9 Å². The van der Waals surface area contributed by atoms with Crippen LogP contribution in [0.4, 0.5) is 0 Å². The summed E-state index contributed by atoms with van der Waals surface area (Å²) in [5.41, 5.74) is 11.0. The maximum atomic E-state index is 6.29. The van der Waals surface area contributed by atoms with E-state index in [9.17, 15) is 0 Å². The molecule has 0 aromatic heterocycles. The van der Waals surface area contributed by atoms with Crippen LogP contribution in [0.15, 0.2) is 36.4 Å². The third kappa shape index (κ3) is 3.50. The van der Waals surface area contributed by atoms with Crippen molar-refractivity contribution in [2.45, 2.75) is 26.3 Å². The zero-order valence-electron chi connectivity index (χ0n) is 11.1. The van der Waals surface area contributed by atoms with Gasteiger partial charge >= 0.3 is 0 Å². The Bertz CT molecular complexity index is 593. The van der Waals surface area contributed by atoms with Crippen LogP contribution in [0.3, 0.4) is 0 Å². The average molecular weight is 294 g/mol. The standard InChI is InChI=1S/C16H17Cl2N/c1-10-3-6-14(11(2)7-10)16(19)8-12-4-5-13(17)9-15(12)18/h3-7,9,16H,8,19H2,1-2H3. The number of rotatable bonds is 3. The van der Waals surface area contributed by atoms with Crippen molar-refractivity contribution in [3.63, 3.8) is 0 Å². The number of hydrogen-bond donors (Lipinski definition) is 1. The first kappa shape index (κ1) is 14.4. The van der Waals surface area contributed by atoms with Crippen LogP contribution < -0.4 is 5.73 Å². The first-order chi connectivity index (χ1) is 8.97. The summed E-state index contributed by atoms with van der Waals surface area (Å²) in [6.45, 7) is 4.17. The molecule has 1 unspecified atom stereocenters. The van der Waals surface area contributed by atoms with Gasteiger partial charge in [-0.05, 0) is 49.1 Å². The van der Waals surface area contributed by atoms with Gasteiger partial charge in [-0.25, -0.2) is 0 Å². The molecule has 19 heavy (non-hydrogen) atoms. The van der Waals surface area contributed by atoms with Gasteiger partial charge in [0, 0.05) is 16.1 Å². The summed E-state index contributed by atoms with van der Waals surface area (Å²) < 4.78 is 0. The highest BCUT2D eigenvalue weighted by molar-refractivity contribution is 6.35. The minimum atomic E-state index is -0.0562. The second-order valence-corrected chi connectivity index (χ2v) is 5.75.